The molecule has 1 aliphatic heterocycles. The highest BCUT2D eigenvalue weighted by atomic mass is 32.1. The van der Waals surface area contributed by atoms with E-state index in [1.54, 1.807) is 0 Å². The lowest BCUT2D eigenvalue weighted by atomic mass is 10.2. The summed E-state index contributed by atoms with van der Waals surface area (Å²) in [5.41, 5.74) is 1.79. The van der Waals surface area contributed by atoms with E-state index in [0.29, 0.717) is 18.0 Å². The minimum Gasteiger partial charge on any atom is -0.301 e. The molecule has 0 bridgehead atoms. The fourth-order valence-corrected chi connectivity index (χ4v) is 2.05. The average Bonchev–Trinajstić information content (AvgIpc) is 2.73. The number of alkyl halides is 3. The van der Waals surface area contributed by atoms with Crippen LogP contribution in [0.3, 0.4) is 0 Å². The number of rotatable bonds is 1. The molecule has 2 heterocycles. The molecule has 0 amide bonds. The van der Waals surface area contributed by atoms with Crippen molar-refractivity contribution < 1.29 is 18.0 Å². The monoisotopic (exact) mass is 224 g/mol. The van der Waals surface area contributed by atoms with Gasteiger partial charge in [-0.05, 0) is 6.42 Å². The van der Waals surface area contributed by atoms with Gasteiger partial charge in [-0.1, -0.05) is 0 Å². The summed E-state index contributed by atoms with van der Waals surface area (Å²) in [7, 11) is 0. The number of thiazole rings is 1. The Bertz CT molecular complexity index is 319. The van der Waals surface area contributed by atoms with Crippen LogP contribution >= 0.6 is 11.3 Å². The SMILES string of the molecule is FC(F)(F)c1csc(C2CCON2)n1. The molecule has 78 valence electrons. The molecule has 7 heteroatoms. The Labute approximate surface area is 81.9 Å². The van der Waals surface area contributed by atoms with Crippen LogP contribution in [0, 0.1) is 0 Å². The zero-order valence-electron chi connectivity index (χ0n) is 6.97. The Kier molecular flexibility index (Phi) is 2.46. The van der Waals surface area contributed by atoms with Gasteiger partial charge in [0.2, 0.25) is 0 Å². The van der Waals surface area contributed by atoms with Crippen LogP contribution in [-0.2, 0) is 11.0 Å². The molecule has 1 N–H and O–H groups in total. The van der Waals surface area contributed by atoms with Crippen molar-refractivity contribution in [3.8, 4) is 0 Å². The summed E-state index contributed by atoms with van der Waals surface area (Å²) < 4.78 is 36.5. The fourth-order valence-electron chi connectivity index (χ4n) is 1.15. The van der Waals surface area contributed by atoms with Crippen LogP contribution in [0.2, 0.25) is 0 Å². The van der Waals surface area contributed by atoms with Gasteiger partial charge in [-0.2, -0.15) is 18.7 Å². The van der Waals surface area contributed by atoms with Crippen molar-refractivity contribution in [2.75, 3.05) is 6.61 Å². The number of hydrogen-bond acceptors (Lipinski definition) is 4. The molecule has 1 aliphatic rings. The molecular weight excluding hydrogens is 217 g/mol. The number of halogens is 3. The van der Waals surface area contributed by atoms with Gasteiger partial charge in [0.15, 0.2) is 5.69 Å². The van der Waals surface area contributed by atoms with Gasteiger partial charge in [-0.25, -0.2) is 4.98 Å². The molecule has 0 radical (unpaired) electrons. The third-order valence-electron chi connectivity index (χ3n) is 1.84. The Hall–Kier alpha value is -0.660. The van der Waals surface area contributed by atoms with Crippen molar-refractivity contribution >= 4 is 11.3 Å². The van der Waals surface area contributed by atoms with E-state index in [2.05, 4.69) is 10.5 Å². The molecule has 0 aliphatic carbocycles. The maximum Gasteiger partial charge on any atom is 0.434 e. The first-order valence-electron chi connectivity index (χ1n) is 3.97. The van der Waals surface area contributed by atoms with E-state index in [-0.39, 0.29) is 6.04 Å². The second-order valence-corrected chi connectivity index (χ2v) is 3.77. The van der Waals surface area contributed by atoms with Crippen LogP contribution in [0.25, 0.3) is 0 Å². The first kappa shape index (κ1) is 9.88. The minimum absolute atomic E-state index is 0.198. The summed E-state index contributed by atoms with van der Waals surface area (Å²) in [5, 5.41) is 1.45. The van der Waals surface area contributed by atoms with Crippen molar-refractivity contribution in [2.24, 2.45) is 0 Å². The quantitative estimate of drug-likeness (QED) is 0.793. The van der Waals surface area contributed by atoms with Gasteiger partial charge in [0, 0.05) is 5.38 Å². The lowest BCUT2D eigenvalue weighted by Gasteiger charge is -2.03. The van der Waals surface area contributed by atoms with E-state index in [1.165, 1.54) is 0 Å². The highest BCUT2D eigenvalue weighted by Crippen LogP contribution is 2.33. The molecule has 1 fully saturated rings. The number of nitrogens with one attached hydrogen (secondary N) is 1. The van der Waals surface area contributed by atoms with E-state index in [4.69, 9.17) is 4.84 Å². The summed E-state index contributed by atoms with van der Waals surface area (Å²) >= 11 is 1.00. The topological polar surface area (TPSA) is 34.1 Å². The van der Waals surface area contributed by atoms with Gasteiger partial charge in [-0.3, -0.25) is 0 Å². The molecule has 2 rings (SSSR count). The first-order chi connectivity index (χ1) is 6.57. The van der Waals surface area contributed by atoms with E-state index < -0.39 is 11.9 Å². The summed E-state index contributed by atoms with van der Waals surface area (Å²) in [4.78, 5) is 8.36. The minimum atomic E-state index is -4.35. The molecule has 0 aromatic carbocycles. The number of hydroxylamine groups is 1. The van der Waals surface area contributed by atoms with Crippen molar-refractivity contribution in [1.29, 1.82) is 0 Å². The average molecular weight is 224 g/mol. The Morgan fingerprint density at radius 3 is 2.86 bits per heavy atom. The van der Waals surface area contributed by atoms with Gasteiger partial charge in [0.1, 0.15) is 5.01 Å². The van der Waals surface area contributed by atoms with Crippen molar-refractivity contribution in [3.63, 3.8) is 0 Å². The Morgan fingerprint density at radius 2 is 2.36 bits per heavy atom. The number of aromatic nitrogens is 1. The lowest BCUT2D eigenvalue weighted by Crippen LogP contribution is -2.12. The Morgan fingerprint density at radius 1 is 1.57 bits per heavy atom. The van der Waals surface area contributed by atoms with Gasteiger partial charge < -0.3 is 4.84 Å². The smallest absolute Gasteiger partial charge is 0.301 e. The van der Waals surface area contributed by atoms with E-state index >= 15 is 0 Å². The number of hydrogen-bond donors (Lipinski definition) is 1. The third-order valence-corrected chi connectivity index (χ3v) is 2.80. The standard InChI is InChI=1S/C7H7F3N2OS/c8-7(9,10)5-3-14-6(11-5)4-1-2-13-12-4/h3-4,12H,1-2H2. The van der Waals surface area contributed by atoms with E-state index in [9.17, 15) is 13.2 Å². The van der Waals surface area contributed by atoms with E-state index in [1.807, 2.05) is 0 Å². The molecular formula is C7H7F3N2OS. The van der Waals surface area contributed by atoms with Crippen molar-refractivity contribution in [3.05, 3.63) is 16.1 Å². The molecule has 0 saturated carbocycles. The normalized spacial score (nSPS) is 22.9. The molecule has 1 aromatic heterocycles. The maximum absolute atomic E-state index is 12.2. The maximum atomic E-state index is 12.2. The predicted octanol–water partition coefficient (Wildman–Crippen LogP) is 2.13. The molecule has 1 atom stereocenters. The van der Waals surface area contributed by atoms with Crippen molar-refractivity contribution in [2.45, 2.75) is 18.6 Å². The molecule has 1 saturated heterocycles. The fraction of sp³-hybridized carbons (Fsp3) is 0.571. The van der Waals surface area contributed by atoms with Crippen LogP contribution in [0.1, 0.15) is 23.2 Å². The summed E-state index contributed by atoms with van der Waals surface area (Å²) in [6.07, 6.45) is -3.70. The van der Waals surface area contributed by atoms with E-state index in [0.717, 1.165) is 16.7 Å². The third kappa shape index (κ3) is 1.89. The van der Waals surface area contributed by atoms with Crippen molar-refractivity contribution in [1.82, 2.24) is 10.5 Å². The second kappa shape index (κ2) is 3.48. The van der Waals surface area contributed by atoms with Crippen LogP contribution in [0.5, 0.6) is 0 Å². The number of nitrogens with zero attached hydrogens (tertiary/aromatic N) is 1. The molecule has 3 nitrogen and oxygen atoms in total. The second-order valence-electron chi connectivity index (χ2n) is 2.88. The van der Waals surface area contributed by atoms with Gasteiger partial charge >= 0.3 is 6.18 Å². The first-order valence-corrected chi connectivity index (χ1v) is 4.85. The highest BCUT2D eigenvalue weighted by Gasteiger charge is 2.34. The van der Waals surface area contributed by atoms with Crippen LogP contribution in [-0.4, -0.2) is 11.6 Å². The Balaban J connectivity index is 2.17. The van der Waals surface area contributed by atoms with Gasteiger partial charge in [0.25, 0.3) is 0 Å². The molecule has 0 spiro atoms. The highest BCUT2D eigenvalue weighted by molar-refractivity contribution is 7.09. The molecule has 1 aromatic rings. The lowest BCUT2D eigenvalue weighted by molar-refractivity contribution is -0.140. The largest absolute Gasteiger partial charge is 0.434 e. The zero-order valence-corrected chi connectivity index (χ0v) is 7.78. The summed E-state index contributed by atoms with van der Waals surface area (Å²) in [6, 6.07) is -0.198. The van der Waals surface area contributed by atoms with Gasteiger partial charge in [-0.15, -0.1) is 11.3 Å². The molecule has 1 unspecified atom stereocenters. The van der Waals surface area contributed by atoms with Crippen LogP contribution in [0.15, 0.2) is 5.38 Å². The summed E-state index contributed by atoms with van der Waals surface area (Å²) in [6.45, 7) is 0.506. The zero-order chi connectivity index (χ0) is 10.2. The van der Waals surface area contributed by atoms with Gasteiger partial charge in [0.05, 0.1) is 12.6 Å². The summed E-state index contributed by atoms with van der Waals surface area (Å²) in [5.74, 6) is 0. The predicted molar refractivity (Wildman–Crippen MR) is 43.6 cm³/mol. The van der Waals surface area contributed by atoms with Crippen LogP contribution in [0.4, 0.5) is 13.2 Å². The molecule has 14 heavy (non-hydrogen) atoms. The van der Waals surface area contributed by atoms with Crippen LogP contribution < -0.4 is 5.48 Å².